The van der Waals surface area contributed by atoms with Crippen LogP contribution in [0.15, 0.2) is 59.8 Å². The minimum Gasteiger partial charge on any atom is -0.471 e. The minimum atomic E-state index is -0.556. The van der Waals surface area contributed by atoms with Crippen LogP contribution in [0.4, 0.5) is 0 Å². The van der Waals surface area contributed by atoms with Gasteiger partial charge in [0.1, 0.15) is 11.6 Å². The third-order valence-corrected chi connectivity index (χ3v) is 30.6. The first kappa shape index (κ1) is 90.0. The molecule has 0 radical (unpaired) electrons. The zero-order valence-electron chi connectivity index (χ0n) is 68.2. The van der Waals surface area contributed by atoms with E-state index >= 15 is 9.59 Å². The van der Waals surface area contributed by atoms with Crippen LogP contribution in [0.5, 0.6) is 0 Å². The van der Waals surface area contributed by atoms with E-state index in [0.717, 1.165) is 175 Å². The molecule has 8 heterocycles. The molecule has 0 bridgehead atoms. The van der Waals surface area contributed by atoms with Crippen LogP contribution in [0.1, 0.15) is 365 Å². The average Bonchev–Trinajstić information content (AvgIpc) is 1.56. The van der Waals surface area contributed by atoms with Gasteiger partial charge in [-0.05, 0) is 159 Å². The van der Waals surface area contributed by atoms with E-state index in [1.54, 1.807) is 73.7 Å². The topological polar surface area (TPSA) is 118 Å². The second-order valence-electron chi connectivity index (χ2n) is 30.6. The molecule has 1 aliphatic heterocycles. The number of unbranched alkanes of at least 4 members (excludes halogenated alkanes) is 31. The largest absolute Gasteiger partial charge is 0.471 e. The summed E-state index contributed by atoms with van der Waals surface area (Å²) in [5.41, 5.74) is 6.23. The lowest BCUT2D eigenvalue weighted by molar-refractivity contribution is -0.139. The van der Waals surface area contributed by atoms with Crippen LogP contribution < -0.4 is 0 Å². The summed E-state index contributed by atoms with van der Waals surface area (Å²) in [4.78, 5) is 78.7. The van der Waals surface area contributed by atoms with E-state index in [1.165, 1.54) is 198 Å². The summed E-state index contributed by atoms with van der Waals surface area (Å²) in [6, 6.07) is 20.5. The maximum absolute atomic E-state index is 15.7. The zero-order valence-corrected chi connectivity index (χ0v) is 73.9. The van der Waals surface area contributed by atoms with Crippen LogP contribution in [0.2, 0.25) is 0 Å². The molecule has 0 aromatic carbocycles. The molecule has 1 aliphatic rings. The molecular weight excluding hydrogens is 1490 g/mol. The third-order valence-electron chi connectivity index (χ3n) is 21.5. The molecule has 8 rings (SSSR count). The number of nitriles is 1. The molecule has 0 saturated carbocycles. The van der Waals surface area contributed by atoms with Crippen molar-refractivity contribution in [1.82, 2.24) is 4.90 Å². The van der Waals surface area contributed by atoms with Gasteiger partial charge in [-0.2, -0.15) is 5.26 Å². The number of imide groups is 1. The van der Waals surface area contributed by atoms with E-state index in [0.29, 0.717) is 30.9 Å². The number of esters is 2. The first-order chi connectivity index (χ1) is 53.9. The van der Waals surface area contributed by atoms with Crippen LogP contribution in [-0.2, 0) is 44.7 Å². The van der Waals surface area contributed by atoms with Crippen molar-refractivity contribution in [3.05, 3.63) is 114 Å². The monoisotopic (exact) mass is 1620 g/mol. The molecule has 0 aliphatic carbocycles. The molecule has 0 N–H and O–H groups in total. The van der Waals surface area contributed by atoms with Gasteiger partial charge in [-0.25, -0.2) is 9.64 Å². The summed E-state index contributed by atoms with van der Waals surface area (Å²) in [5, 5.41) is 10.4. The molecule has 0 spiro atoms. The highest BCUT2D eigenvalue weighted by Gasteiger charge is 2.44. The van der Waals surface area contributed by atoms with Gasteiger partial charge in [-0.15, -0.1) is 79.4 Å². The summed E-state index contributed by atoms with van der Waals surface area (Å²) < 4.78 is 11.4. The number of carbonyl (C=O) groups is 4. The minimum absolute atomic E-state index is 0.0180. The highest BCUT2D eigenvalue weighted by atomic mass is 32.1. The maximum atomic E-state index is 15.7. The van der Waals surface area contributed by atoms with Crippen molar-refractivity contribution in [2.24, 2.45) is 5.92 Å². The molecule has 16 heteroatoms. The number of rotatable bonds is 58. The quantitative estimate of drug-likeness (QED) is 0.00930. The Morgan fingerprint density at radius 2 is 0.745 bits per heavy atom. The summed E-state index contributed by atoms with van der Waals surface area (Å²) in [5.74, 6) is -1.24. The Bertz CT molecular complexity index is 3840. The van der Waals surface area contributed by atoms with Crippen LogP contribution in [0, 0.1) is 23.8 Å². The van der Waals surface area contributed by atoms with Gasteiger partial charge in [0.05, 0.1) is 40.7 Å². The van der Waals surface area contributed by atoms with Gasteiger partial charge < -0.3 is 9.47 Å². The van der Waals surface area contributed by atoms with Crippen molar-refractivity contribution >= 4 is 115 Å². The van der Waals surface area contributed by atoms with Gasteiger partial charge in [0.2, 0.25) is 0 Å². The molecule has 2 amide bonds. The number of nitrogens with zero attached hydrogens (tertiary/aromatic N) is 3. The van der Waals surface area contributed by atoms with Gasteiger partial charge in [0.25, 0.3) is 17.5 Å². The van der Waals surface area contributed by atoms with Crippen LogP contribution >= 0.6 is 79.4 Å². The Hall–Kier alpha value is -5.56. The molecule has 9 nitrogen and oxygen atoms in total. The summed E-state index contributed by atoms with van der Waals surface area (Å²) in [7, 11) is 0. The maximum Gasteiger partial charge on any atom is 0.348 e. The van der Waals surface area contributed by atoms with Gasteiger partial charge in [-0.3, -0.25) is 19.3 Å². The second kappa shape index (κ2) is 50.6. The van der Waals surface area contributed by atoms with Crippen LogP contribution in [0.25, 0.3) is 75.5 Å². The number of hydrogen-bond donors (Lipinski definition) is 0. The summed E-state index contributed by atoms with van der Waals surface area (Å²) in [6.45, 7) is 27.0. The van der Waals surface area contributed by atoms with E-state index < -0.39 is 11.9 Å². The first-order valence-electron chi connectivity index (χ1n) is 43.2. The second-order valence-corrected chi connectivity index (χ2v) is 38.1. The van der Waals surface area contributed by atoms with Crippen LogP contribution in [-0.4, -0.2) is 48.4 Å². The first-order valence-corrected chi connectivity index (χ1v) is 48.9. The van der Waals surface area contributed by atoms with Crippen molar-refractivity contribution in [3.8, 4) is 64.6 Å². The zero-order chi connectivity index (χ0) is 78.2. The predicted octanol–water partition coefficient (Wildman–Crippen LogP) is 31.5. The fourth-order valence-electron chi connectivity index (χ4n) is 14.9. The molecule has 0 fully saturated rings. The van der Waals surface area contributed by atoms with Crippen molar-refractivity contribution in [1.29, 1.82) is 5.26 Å². The predicted molar refractivity (Wildman–Crippen MR) is 478 cm³/mol. The molecule has 110 heavy (non-hydrogen) atoms. The molecule has 1 unspecified atom stereocenters. The number of aryl methyl sites for hydroxylation is 4. The lowest BCUT2D eigenvalue weighted by atomic mass is 9.99. The number of thiophene rings is 7. The van der Waals surface area contributed by atoms with Crippen molar-refractivity contribution in [2.75, 3.05) is 19.8 Å². The van der Waals surface area contributed by atoms with Crippen molar-refractivity contribution < 1.29 is 28.7 Å². The third kappa shape index (κ3) is 27.3. The highest BCUT2D eigenvalue weighted by molar-refractivity contribution is 7.31. The fourth-order valence-corrected chi connectivity index (χ4v) is 23.7. The SMILES string of the molecule is [C-]#[N+]/C(=C\c1cc(CCCCCCCC)c(-c2ccc(-c3sc(-c4sc(-c5cc(CCCCCCCC)c(-c6ccc(-c7sc(/C=C(\C#N)C(=O)OCCCCCCCC)cc7CCCCCCCC)s6)s5)c5c4C(=O)N(CC(CC)CCCC)C5=O)cc3CCCCCCCC)s2)s1)C(=O)OCCCCCCCC. The summed E-state index contributed by atoms with van der Waals surface area (Å²) in [6.07, 6.45) is 52.5. The number of hydrogen-bond acceptors (Lipinski definition) is 14. The lowest BCUT2D eigenvalue weighted by Gasteiger charge is -2.21. The van der Waals surface area contributed by atoms with Crippen molar-refractivity contribution in [2.45, 2.75) is 338 Å². The average molecular weight is 1620 g/mol. The smallest absolute Gasteiger partial charge is 0.348 e. The standard InChI is InChI=1S/C94H129N3O6S7/c1-10-18-25-31-37-43-50-69-60-74(62-73(66-95)93(100)102-58-47-41-35-29-22-14-5)104-85(69)77-54-56-79(106-77)87-71(52-45-39-33-27-20-12-3)63-81(108-87)89-83-84(92(99)97(91(83)98)67-68(17-8)49-24-16-7)90(110-89)82-64-72(53-46-40-34-28-21-13-4)88(109-82)80-57-55-78(107-80)86-70(51-44-38-32-26-19-11-2)61-75(105-86)65-76(96-9)94(101)103-59-48-42-36-30-23-15-6/h54-57,60-65,68H,10-53,58-59,67H2,1-8H3/b73-62+,76-65-. The molecule has 7 aromatic rings. The number of ether oxygens (including phenoxy) is 2. The normalized spacial score (nSPS) is 12.8. The Morgan fingerprint density at radius 1 is 0.409 bits per heavy atom. The number of fused-ring (bicyclic) bond motifs is 1. The van der Waals surface area contributed by atoms with Gasteiger partial charge in [0, 0.05) is 65.1 Å². The van der Waals surface area contributed by atoms with E-state index in [4.69, 9.17) is 16.0 Å². The Balaban J connectivity index is 1.21. The van der Waals surface area contributed by atoms with E-state index in [9.17, 15) is 14.9 Å². The van der Waals surface area contributed by atoms with E-state index in [2.05, 4.69) is 115 Å². The van der Waals surface area contributed by atoms with Crippen LogP contribution in [0.3, 0.4) is 0 Å². The fraction of sp³-hybridized carbons (Fsp3) is 0.596. The molecular formula is C94H129N3O6S7. The molecule has 598 valence electrons. The highest BCUT2D eigenvalue weighted by Crippen LogP contribution is 2.55. The summed E-state index contributed by atoms with van der Waals surface area (Å²) >= 11 is 12.1. The molecule has 7 aromatic heterocycles. The Kier molecular flexibility index (Phi) is 41.4. The van der Waals surface area contributed by atoms with Gasteiger partial charge in [-0.1, -0.05) is 267 Å². The number of amides is 2. The van der Waals surface area contributed by atoms with Gasteiger partial charge >= 0.3 is 11.9 Å². The lowest BCUT2D eigenvalue weighted by Crippen LogP contribution is -2.34. The molecule has 1 atom stereocenters. The van der Waals surface area contributed by atoms with E-state index in [-0.39, 0.29) is 29.0 Å². The Morgan fingerprint density at radius 3 is 1.11 bits per heavy atom. The van der Waals surface area contributed by atoms with Crippen molar-refractivity contribution in [3.63, 3.8) is 0 Å². The molecule has 0 saturated heterocycles. The van der Waals surface area contributed by atoms with E-state index in [1.807, 2.05) is 22.7 Å². The Labute approximate surface area is 691 Å². The number of carbonyl (C=O) groups excluding carboxylic acids is 4. The van der Waals surface area contributed by atoms with Gasteiger partial charge in [0.15, 0.2) is 0 Å².